The van der Waals surface area contributed by atoms with Crippen molar-refractivity contribution in [2.75, 3.05) is 49.6 Å². The lowest BCUT2D eigenvalue weighted by molar-refractivity contribution is 0.313. The number of hydrogen-bond acceptors (Lipinski definition) is 5. The van der Waals surface area contributed by atoms with E-state index in [1.807, 2.05) is 12.1 Å². The first-order valence-electron chi connectivity index (χ1n) is 12.1. The predicted octanol–water partition coefficient (Wildman–Crippen LogP) is 5.14. The Hall–Kier alpha value is -3.09. The van der Waals surface area contributed by atoms with Gasteiger partial charge in [0, 0.05) is 55.2 Å². The van der Waals surface area contributed by atoms with E-state index in [1.165, 1.54) is 16.9 Å². The van der Waals surface area contributed by atoms with Crippen molar-refractivity contribution >= 4 is 28.6 Å². The van der Waals surface area contributed by atoms with Gasteiger partial charge in [0.15, 0.2) is 11.5 Å². The van der Waals surface area contributed by atoms with Crippen LogP contribution in [0.25, 0.3) is 17.0 Å². The van der Waals surface area contributed by atoms with E-state index in [9.17, 15) is 0 Å². The van der Waals surface area contributed by atoms with E-state index in [0.29, 0.717) is 6.04 Å². The molecule has 2 aliphatic rings. The van der Waals surface area contributed by atoms with Crippen molar-refractivity contribution in [3.05, 3.63) is 77.4 Å². The van der Waals surface area contributed by atoms with Gasteiger partial charge in [0.1, 0.15) is 0 Å². The van der Waals surface area contributed by atoms with Crippen molar-refractivity contribution in [1.29, 1.82) is 0 Å². The van der Waals surface area contributed by atoms with Crippen molar-refractivity contribution in [3.8, 4) is 11.4 Å². The van der Waals surface area contributed by atoms with E-state index in [-0.39, 0.29) is 0 Å². The number of anilines is 2. The average molecular weight is 473 g/mol. The molecule has 4 heterocycles. The number of likely N-dealkylation sites (N-methyl/N-ethyl adjacent to an activating group) is 1. The summed E-state index contributed by atoms with van der Waals surface area (Å²) < 4.78 is 2.12. The van der Waals surface area contributed by atoms with Gasteiger partial charge in [-0.15, -0.1) is 10.2 Å². The quantitative estimate of drug-likeness (QED) is 0.411. The molecule has 1 unspecified atom stereocenters. The fraction of sp³-hybridized carbons (Fsp3) is 0.333. The maximum Gasteiger partial charge on any atom is 0.168 e. The van der Waals surface area contributed by atoms with Crippen LogP contribution in [0.15, 0.2) is 66.9 Å². The summed E-state index contributed by atoms with van der Waals surface area (Å²) in [5.41, 5.74) is 5.67. The second-order valence-electron chi connectivity index (χ2n) is 9.38. The molecule has 2 fully saturated rings. The summed E-state index contributed by atoms with van der Waals surface area (Å²) in [6.45, 7) is 5.37. The zero-order valence-electron chi connectivity index (χ0n) is 19.4. The number of rotatable bonds is 4. The maximum atomic E-state index is 6.29. The Morgan fingerprint density at radius 2 is 1.65 bits per heavy atom. The fourth-order valence-corrected chi connectivity index (χ4v) is 5.47. The molecule has 0 saturated carbocycles. The lowest BCUT2D eigenvalue weighted by Crippen LogP contribution is -2.44. The van der Waals surface area contributed by atoms with Crippen LogP contribution in [0.1, 0.15) is 24.4 Å². The van der Waals surface area contributed by atoms with Gasteiger partial charge < -0.3 is 14.7 Å². The van der Waals surface area contributed by atoms with Crippen LogP contribution in [0.5, 0.6) is 0 Å². The van der Waals surface area contributed by atoms with Crippen LogP contribution in [-0.4, -0.2) is 59.3 Å². The van der Waals surface area contributed by atoms with Gasteiger partial charge in [-0.25, -0.2) is 0 Å². The van der Waals surface area contributed by atoms with E-state index in [0.717, 1.165) is 67.6 Å². The molecule has 0 N–H and O–H groups in total. The third-order valence-corrected chi connectivity index (χ3v) is 7.43. The minimum Gasteiger partial charge on any atom is -0.369 e. The van der Waals surface area contributed by atoms with Gasteiger partial charge in [-0.2, -0.15) is 0 Å². The number of hydrogen-bond donors (Lipinski definition) is 0. The minimum absolute atomic E-state index is 0.332. The summed E-state index contributed by atoms with van der Waals surface area (Å²) in [6.07, 6.45) is 4.47. The van der Waals surface area contributed by atoms with Gasteiger partial charge in [0.2, 0.25) is 0 Å². The smallest absolute Gasteiger partial charge is 0.168 e. The molecule has 0 bridgehead atoms. The fourth-order valence-electron chi connectivity index (χ4n) is 5.27. The Labute approximate surface area is 205 Å². The molecular formula is C27H29ClN6. The Balaban J connectivity index is 1.29. The first kappa shape index (κ1) is 21.4. The Morgan fingerprint density at radius 1 is 0.853 bits per heavy atom. The second kappa shape index (κ2) is 8.93. The molecule has 4 aromatic rings. The first-order valence-corrected chi connectivity index (χ1v) is 12.4. The standard InChI is InChI=1S/C27H29ClN6/c1-31-14-16-32(17-15-31)23-9-7-20(8-10-23)27-30-29-26-12-11-24(19-34(26)27)33-13-3-6-25(33)21-4-2-5-22(28)18-21/h2,4-5,7-12,18-19,25H,3,6,13-17H2,1H3. The van der Waals surface area contributed by atoms with Crippen LogP contribution < -0.4 is 9.80 Å². The number of benzene rings is 2. The van der Waals surface area contributed by atoms with Crippen LogP contribution >= 0.6 is 11.6 Å². The summed E-state index contributed by atoms with van der Waals surface area (Å²) in [5.74, 6) is 0.875. The van der Waals surface area contributed by atoms with Crippen LogP contribution in [-0.2, 0) is 0 Å². The number of aromatic nitrogens is 3. The number of piperazine rings is 1. The van der Waals surface area contributed by atoms with Crippen molar-refractivity contribution in [2.24, 2.45) is 0 Å². The van der Waals surface area contributed by atoms with Crippen molar-refractivity contribution in [2.45, 2.75) is 18.9 Å². The summed E-state index contributed by atoms with van der Waals surface area (Å²) in [6, 6.07) is 21.6. The van der Waals surface area contributed by atoms with Crippen LogP contribution in [0.2, 0.25) is 5.02 Å². The monoisotopic (exact) mass is 472 g/mol. The van der Waals surface area contributed by atoms with Gasteiger partial charge in [0.05, 0.1) is 11.7 Å². The van der Waals surface area contributed by atoms with E-state index >= 15 is 0 Å². The van der Waals surface area contributed by atoms with Crippen LogP contribution in [0.3, 0.4) is 0 Å². The van der Waals surface area contributed by atoms with Gasteiger partial charge in [-0.05, 0) is 74.0 Å². The molecule has 7 heteroatoms. The second-order valence-corrected chi connectivity index (χ2v) is 9.82. The number of pyridine rings is 1. The zero-order valence-corrected chi connectivity index (χ0v) is 20.2. The molecule has 6 rings (SSSR count). The lowest BCUT2D eigenvalue weighted by Gasteiger charge is -2.34. The molecule has 6 nitrogen and oxygen atoms in total. The number of nitrogens with zero attached hydrogens (tertiary/aromatic N) is 6. The Bertz CT molecular complexity index is 1290. The molecule has 34 heavy (non-hydrogen) atoms. The topological polar surface area (TPSA) is 39.9 Å². The van der Waals surface area contributed by atoms with Crippen molar-refractivity contribution < 1.29 is 0 Å². The Morgan fingerprint density at radius 3 is 2.44 bits per heavy atom. The SMILES string of the molecule is CN1CCN(c2ccc(-c3nnc4ccc(N5CCCC5c5cccc(Cl)c5)cn34)cc2)CC1. The molecule has 2 saturated heterocycles. The highest BCUT2D eigenvalue weighted by Crippen LogP contribution is 2.37. The van der Waals surface area contributed by atoms with Crippen molar-refractivity contribution in [3.63, 3.8) is 0 Å². The number of halogens is 1. The van der Waals surface area contributed by atoms with Gasteiger partial charge in [-0.3, -0.25) is 4.40 Å². The molecule has 174 valence electrons. The largest absolute Gasteiger partial charge is 0.369 e. The third-order valence-electron chi connectivity index (χ3n) is 7.20. The Kier molecular flexibility index (Phi) is 5.63. The van der Waals surface area contributed by atoms with Gasteiger partial charge in [0.25, 0.3) is 0 Å². The average Bonchev–Trinajstić information content (AvgIpc) is 3.52. The predicted molar refractivity (Wildman–Crippen MR) is 139 cm³/mol. The van der Waals surface area contributed by atoms with E-state index < -0.39 is 0 Å². The van der Waals surface area contributed by atoms with E-state index in [2.05, 4.69) is 91.1 Å². The summed E-state index contributed by atoms with van der Waals surface area (Å²) >= 11 is 6.29. The maximum absolute atomic E-state index is 6.29. The molecule has 2 aromatic heterocycles. The molecule has 1 atom stereocenters. The highest BCUT2D eigenvalue weighted by molar-refractivity contribution is 6.30. The molecule has 2 aromatic carbocycles. The van der Waals surface area contributed by atoms with Gasteiger partial charge >= 0.3 is 0 Å². The molecule has 0 radical (unpaired) electrons. The summed E-state index contributed by atoms with van der Waals surface area (Å²) in [4.78, 5) is 7.31. The van der Waals surface area contributed by atoms with Crippen LogP contribution in [0, 0.1) is 0 Å². The van der Waals surface area contributed by atoms with E-state index in [4.69, 9.17) is 11.6 Å². The molecular weight excluding hydrogens is 444 g/mol. The highest BCUT2D eigenvalue weighted by Gasteiger charge is 2.27. The molecule has 0 spiro atoms. The first-order chi connectivity index (χ1) is 16.7. The van der Waals surface area contributed by atoms with Crippen LogP contribution in [0.4, 0.5) is 11.4 Å². The third kappa shape index (κ3) is 4.01. The minimum atomic E-state index is 0.332. The van der Waals surface area contributed by atoms with Crippen molar-refractivity contribution in [1.82, 2.24) is 19.5 Å². The summed E-state index contributed by atoms with van der Waals surface area (Å²) in [5, 5.41) is 9.76. The van der Waals surface area contributed by atoms with E-state index in [1.54, 1.807) is 0 Å². The number of fused-ring (bicyclic) bond motifs is 1. The van der Waals surface area contributed by atoms with Gasteiger partial charge in [-0.1, -0.05) is 23.7 Å². The molecule has 0 aliphatic carbocycles. The highest BCUT2D eigenvalue weighted by atomic mass is 35.5. The zero-order chi connectivity index (χ0) is 23.1. The normalized spacial score (nSPS) is 19.3. The lowest BCUT2D eigenvalue weighted by atomic mass is 10.0. The molecule has 0 amide bonds. The molecule has 2 aliphatic heterocycles. The summed E-state index contributed by atoms with van der Waals surface area (Å²) in [7, 11) is 2.18.